The van der Waals surface area contributed by atoms with E-state index in [1.54, 1.807) is 20.8 Å². The van der Waals surface area contributed by atoms with Crippen LogP contribution in [-0.2, 0) is 18.6 Å². The molecule has 2 heterocycles. The molecular weight excluding hydrogens is 353 g/mol. The van der Waals surface area contributed by atoms with Crippen molar-refractivity contribution >= 4 is 13.6 Å². The summed E-state index contributed by atoms with van der Waals surface area (Å²) in [5.41, 5.74) is -0.468. The third kappa shape index (κ3) is 5.31. The zero-order valence-electron chi connectivity index (χ0n) is 14.4. The fraction of sp³-hybridized carbons (Fsp3) is 0.600. The first-order valence-corrected chi connectivity index (χ1v) is 9.59. The van der Waals surface area contributed by atoms with Gasteiger partial charge in [0.2, 0.25) is 0 Å². The van der Waals surface area contributed by atoms with Crippen LogP contribution in [0.3, 0.4) is 0 Å². The van der Waals surface area contributed by atoms with Crippen LogP contribution < -0.4 is 9.46 Å². The fourth-order valence-corrected chi connectivity index (χ4v) is 2.81. The number of hydrogen-bond acceptors (Lipinski definition) is 8. The molecule has 0 bridgehead atoms. The van der Waals surface area contributed by atoms with Crippen LogP contribution in [0.15, 0.2) is 24.5 Å². The molecule has 1 aromatic rings. The number of rotatable bonds is 4. The molecule has 1 fully saturated rings. The van der Waals surface area contributed by atoms with Crippen LogP contribution in [0.2, 0.25) is 0 Å². The summed E-state index contributed by atoms with van der Waals surface area (Å²) in [6, 6.07) is 3.06. The third-order valence-electron chi connectivity index (χ3n) is 3.24. The number of carbonyl (C=O) groups excluding carboxylic acids is 1. The molecular formula is C15H22NO8P. The average Bonchev–Trinajstić information content (AvgIpc) is 2.72. The molecule has 9 nitrogen and oxygen atoms in total. The molecule has 2 N–H and O–H groups in total. The van der Waals surface area contributed by atoms with E-state index < -0.39 is 43.9 Å². The number of aliphatic hydroxyl groups excluding tert-OH is 2. The van der Waals surface area contributed by atoms with Gasteiger partial charge in [0.15, 0.2) is 24.8 Å². The van der Waals surface area contributed by atoms with Gasteiger partial charge in [-0.15, -0.1) is 0 Å². The van der Waals surface area contributed by atoms with Gasteiger partial charge in [0, 0.05) is 12.7 Å². The Morgan fingerprint density at radius 2 is 2.00 bits per heavy atom. The molecule has 25 heavy (non-hydrogen) atoms. The molecule has 10 heteroatoms. The molecule has 1 unspecified atom stereocenters. The van der Waals surface area contributed by atoms with E-state index in [0.717, 1.165) is 6.66 Å². The Balaban J connectivity index is 2.20. The van der Waals surface area contributed by atoms with Crippen LogP contribution in [0.25, 0.3) is 0 Å². The molecule has 0 radical (unpaired) electrons. The van der Waals surface area contributed by atoms with E-state index >= 15 is 0 Å². The number of aliphatic hydroxyl groups is 2. The Morgan fingerprint density at radius 3 is 2.56 bits per heavy atom. The maximum Gasteiger partial charge on any atom is 0.344 e. The van der Waals surface area contributed by atoms with E-state index in [-0.39, 0.29) is 5.56 Å². The predicted molar refractivity (Wildman–Crippen MR) is 82.3 cm³/mol. The largest absolute Gasteiger partial charge is 0.779 e. The van der Waals surface area contributed by atoms with Gasteiger partial charge in [0.05, 0.1) is 0 Å². The summed E-state index contributed by atoms with van der Waals surface area (Å²) in [5, 5.41) is 20.0. The molecule has 0 aromatic carbocycles. The highest BCUT2D eigenvalue weighted by molar-refractivity contribution is 7.50. The smallest absolute Gasteiger partial charge is 0.344 e. The highest BCUT2D eigenvalue weighted by Crippen LogP contribution is 2.39. The van der Waals surface area contributed by atoms with Gasteiger partial charge < -0.3 is 28.9 Å². The fourth-order valence-electron chi connectivity index (χ4n) is 2.26. The Hall–Kier alpha value is -1.35. The quantitative estimate of drug-likeness (QED) is 0.417. The van der Waals surface area contributed by atoms with Crippen LogP contribution in [0, 0.1) is 0 Å². The lowest BCUT2D eigenvalue weighted by Crippen LogP contribution is -2.46. The molecule has 0 spiro atoms. The van der Waals surface area contributed by atoms with Crippen molar-refractivity contribution in [2.45, 2.75) is 51.1 Å². The van der Waals surface area contributed by atoms with Crippen molar-refractivity contribution in [2.75, 3.05) is 6.66 Å². The summed E-state index contributed by atoms with van der Waals surface area (Å²) in [5.74, 6) is -0.569. The number of nitrogens with zero attached hydrogens (tertiary/aromatic N) is 1. The standard InChI is InChI=1S/C15H22NO8P/c1-15(2,3)23-13(19)9-6-5-7-16(8-9)12-10(17)11(18)14(22-12)24-25(4,20)21/h5-8,10-12,14,17-18H,1-4H3/t10-,11+,12-,14-/m1/s1. The van der Waals surface area contributed by atoms with Gasteiger partial charge in [0.25, 0.3) is 6.23 Å². The third-order valence-corrected chi connectivity index (χ3v) is 3.83. The summed E-state index contributed by atoms with van der Waals surface area (Å²) in [4.78, 5) is 23.4. The molecule has 1 aromatic heterocycles. The molecule has 140 valence electrons. The zero-order valence-corrected chi connectivity index (χ0v) is 15.3. The maximum atomic E-state index is 12.1. The lowest BCUT2D eigenvalue weighted by Gasteiger charge is -2.23. The van der Waals surface area contributed by atoms with E-state index in [0.29, 0.717) is 0 Å². The Labute approximate surface area is 145 Å². The van der Waals surface area contributed by atoms with E-state index in [9.17, 15) is 24.5 Å². The minimum Gasteiger partial charge on any atom is -0.779 e. The zero-order chi connectivity index (χ0) is 19.0. The number of hydrogen-bond donors (Lipinski definition) is 2. The number of pyridine rings is 1. The normalized spacial score (nSPS) is 29.2. The summed E-state index contributed by atoms with van der Waals surface area (Å²) < 4.78 is 27.8. The minimum atomic E-state index is -4.18. The average molecular weight is 375 g/mol. The molecule has 0 aliphatic carbocycles. The van der Waals surface area contributed by atoms with E-state index in [2.05, 4.69) is 4.52 Å². The second kappa shape index (κ2) is 7.11. The van der Waals surface area contributed by atoms with Crippen molar-refractivity contribution in [3.8, 4) is 0 Å². The molecule has 1 saturated heterocycles. The Kier molecular flexibility index (Phi) is 5.68. The Morgan fingerprint density at radius 1 is 1.36 bits per heavy atom. The lowest BCUT2D eigenvalue weighted by atomic mass is 10.2. The van der Waals surface area contributed by atoms with Crippen molar-refractivity contribution in [2.24, 2.45) is 0 Å². The first kappa shape index (κ1) is 20.0. The van der Waals surface area contributed by atoms with Gasteiger partial charge in [-0.05, 0) is 26.8 Å². The summed E-state index contributed by atoms with van der Waals surface area (Å²) in [7, 11) is -4.18. The van der Waals surface area contributed by atoms with E-state index in [1.165, 1.54) is 29.1 Å². The molecule has 1 aliphatic rings. The number of ether oxygens (including phenoxy) is 2. The lowest BCUT2D eigenvalue weighted by molar-refractivity contribution is -0.767. The highest BCUT2D eigenvalue weighted by Gasteiger charge is 2.50. The van der Waals surface area contributed by atoms with Crippen molar-refractivity contribution < 1.29 is 43.0 Å². The number of aromatic nitrogens is 1. The highest BCUT2D eigenvalue weighted by atomic mass is 31.2. The Bertz CT molecular complexity index is 682. The summed E-state index contributed by atoms with van der Waals surface area (Å²) in [6.45, 7) is 6.03. The van der Waals surface area contributed by atoms with Gasteiger partial charge >= 0.3 is 5.97 Å². The SMILES string of the molecule is CC(C)(C)OC(=O)c1ccc[n+]([C@@H]2O[C@H](OP(C)(=O)[O-])[C@@H](O)[C@H]2O)c1. The molecule has 5 atom stereocenters. The van der Waals surface area contributed by atoms with Crippen molar-refractivity contribution in [1.82, 2.24) is 0 Å². The number of carbonyl (C=O) groups is 1. The van der Waals surface area contributed by atoms with Crippen molar-refractivity contribution in [3.05, 3.63) is 30.1 Å². The van der Waals surface area contributed by atoms with Crippen molar-refractivity contribution in [3.63, 3.8) is 0 Å². The van der Waals surface area contributed by atoms with Gasteiger partial charge in [0.1, 0.15) is 24.9 Å². The first-order valence-electron chi connectivity index (χ1n) is 7.60. The van der Waals surface area contributed by atoms with Gasteiger partial charge in [-0.25, -0.2) is 4.79 Å². The van der Waals surface area contributed by atoms with Crippen LogP contribution in [0.4, 0.5) is 0 Å². The predicted octanol–water partition coefficient (Wildman–Crippen LogP) is -0.294. The topological polar surface area (TPSA) is 129 Å². The summed E-state index contributed by atoms with van der Waals surface area (Å²) in [6.07, 6.45) is -2.81. The second-order valence-corrected chi connectivity index (χ2v) is 8.55. The van der Waals surface area contributed by atoms with Crippen LogP contribution in [-0.4, -0.2) is 46.9 Å². The van der Waals surface area contributed by atoms with Crippen molar-refractivity contribution in [1.29, 1.82) is 0 Å². The number of esters is 1. The molecule has 0 amide bonds. The van der Waals surface area contributed by atoms with Crippen LogP contribution in [0.1, 0.15) is 37.4 Å². The van der Waals surface area contributed by atoms with Gasteiger partial charge in [-0.3, -0.25) is 4.74 Å². The van der Waals surface area contributed by atoms with Crippen LogP contribution in [0.5, 0.6) is 0 Å². The monoisotopic (exact) mass is 375 g/mol. The maximum absolute atomic E-state index is 12.1. The van der Waals surface area contributed by atoms with Crippen LogP contribution >= 0.6 is 7.60 Å². The first-order chi connectivity index (χ1) is 11.4. The second-order valence-electron chi connectivity index (χ2n) is 6.79. The minimum absolute atomic E-state index is 0.206. The van der Waals surface area contributed by atoms with E-state index in [1.807, 2.05) is 0 Å². The molecule has 0 saturated carbocycles. The van der Waals surface area contributed by atoms with Gasteiger partial charge in [-0.2, -0.15) is 4.57 Å². The summed E-state index contributed by atoms with van der Waals surface area (Å²) >= 11 is 0. The van der Waals surface area contributed by atoms with E-state index in [4.69, 9.17) is 9.47 Å². The molecule has 1 aliphatic heterocycles. The molecule has 2 rings (SSSR count). The van der Waals surface area contributed by atoms with Gasteiger partial charge in [-0.1, -0.05) is 0 Å².